The molecule has 0 radical (unpaired) electrons. The molecule has 1 N–H and O–H groups in total. The lowest BCUT2D eigenvalue weighted by atomic mass is 10.3. The topological polar surface area (TPSA) is 51.2 Å². The number of ether oxygens (including phenoxy) is 1. The molecule has 0 aliphatic carbocycles. The lowest BCUT2D eigenvalue weighted by Gasteiger charge is -2.09. The van der Waals surface area contributed by atoms with Crippen molar-refractivity contribution in [2.24, 2.45) is 0 Å². The summed E-state index contributed by atoms with van der Waals surface area (Å²) in [6.07, 6.45) is 1.82. The number of esters is 1. The second-order valence-electron chi connectivity index (χ2n) is 2.99. The molecule has 1 aromatic rings. The van der Waals surface area contributed by atoms with Gasteiger partial charge in [-0.2, -0.15) is 0 Å². The van der Waals surface area contributed by atoms with Crippen molar-refractivity contribution in [1.29, 1.82) is 0 Å². The molecule has 1 rings (SSSR count). The number of hydrogen-bond acceptors (Lipinski definition) is 5. The molecule has 14 heavy (non-hydrogen) atoms. The second kappa shape index (κ2) is 5.07. The molecule has 1 heterocycles. The Morgan fingerprint density at radius 2 is 2.50 bits per heavy atom. The quantitative estimate of drug-likeness (QED) is 0.763. The molecule has 4 nitrogen and oxygen atoms in total. The maximum atomic E-state index is 11.0. The summed E-state index contributed by atoms with van der Waals surface area (Å²) in [5, 5.41) is 4.02. The summed E-state index contributed by atoms with van der Waals surface area (Å²) in [6, 6.07) is -0.288. The highest BCUT2D eigenvalue weighted by molar-refractivity contribution is 7.11. The van der Waals surface area contributed by atoms with Crippen molar-refractivity contribution in [2.45, 2.75) is 26.4 Å². The maximum absolute atomic E-state index is 11.0. The van der Waals surface area contributed by atoms with Gasteiger partial charge in [0, 0.05) is 17.6 Å². The summed E-state index contributed by atoms with van der Waals surface area (Å²) in [5.41, 5.74) is 0. The summed E-state index contributed by atoms with van der Waals surface area (Å²) < 4.78 is 4.59. The number of carbonyl (C=O) groups excluding carboxylic acids is 1. The average Bonchev–Trinajstić information content (AvgIpc) is 2.59. The molecule has 1 aromatic heterocycles. The minimum Gasteiger partial charge on any atom is -0.468 e. The van der Waals surface area contributed by atoms with Crippen molar-refractivity contribution >= 4 is 17.3 Å². The molecule has 0 bridgehead atoms. The summed E-state index contributed by atoms with van der Waals surface area (Å²) in [4.78, 5) is 16.4. The van der Waals surface area contributed by atoms with Crippen LogP contribution in [0, 0.1) is 6.92 Å². The Morgan fingerprint density at radius 3 is 3.00 bits per heavy atom. The minimum atomic E-state index is -0.288. The number of aromatic nitrogens is 1. The van der Waals surface area contributed by atoms with E-state index in [1.54, 1.807) is 18.3 Å². The number of methoxy groups -OCH3 is 1. The van der Waals surface area contributed by atoms with Gasteiger partial charge in [0.2, 0.25) is 0 Å². The fourth-order valence-corrected chi connectivity index (χ4v) is 1.72. The van der Waals surface area contributed by atoms with Crippen LogP contribution < -0.4 is 5.32 Å². The zero-order valence-corrected chi connectivity index (χ0v) is 9.35. The first-order valence-corrected chi connectivity index (χ1v) is 5.17. The third-order valence-electron chi connectivity index (χ3n) is 1.78. The van der Waals surface area contributed by atoms with E-state index in [1.165, 1.54) is 12.0 Å². The molecule has 0 amide bonds. The lowest BCUT2D eigenvalue weighted by Crippen LogP contribution is -2.34. The van der Waals surface area contributed by atoms with E-state index in [-0.39, 0.29) is 12.0 Å². The zero-order valence-electron chi connectivity index (χ0n) is 8.53. The first-order chi connectivity index (χ1) is 6.63. The van der Waals surface area contributed by atoms with Gasteiger partial charge in [-0.05, 0) is 13.8 Å². The van der Waals surface area contributed by atoms with E-state index < -0.39 is 0 Å². The molecule has 0 aliphatic heterocycles. The Labute approximate surface area is 87.3 Å². The van der Waals surface area contributed by atoms with Crippen LogP contribution in [0.15, 0.2) is 6.20 Å². The van der Waals surface area contributed by atoms with Crippen molar-refractivity contribution in [2.75, 3.05) is 7.11 Å². The Hall–Kier alpha value is -0.940. The number of aryl methyl sites for hydroxylation is 1. The van der Waals surface area contributed by atoms with Gasteiger partial charge < -0.3 is 4.74 Å². The standard InChI is InChI=1S/C9H14N2O2S/c1-6-4-11-8(14-6)5-10-7(2)9(12)13-3/h4,7,10H,5H2,1-3H3. The minimum absolute atomic E-state index is 0.252. The SMILES string of the molecule is COC(=O)C(C)NCc1ncc(C)s1. The van der Waals surface area contributed by atoms with Crippen LogP contribution in [0.4, 0.5) is 0 Å². The van der Waals surface area contributed by atoms with Gasteiger partial charge in [0.15, 0.2) is 0 Å². The molecule has 5 heteroatoms. The number of rotatable bonds is 4. The molecule has 78 valence electrons. The van der Waals surface area contributed by atoms with Gasteiger partial charge in [-0.1, -0.05) is 0 Å². The van der Waals surface area contributed by atoms with Gasteiger partial charge in [0.25, 0.3) is 0 Å². The van der Waals surface area contributed by atoms with Crippen LogP contribution in [0.2, 0.25) is 0 Å². The van der Waals surface area contributed by atoms with Crippen molar-refractivity contribution in [3.05, 3.63) is 16.1 Å². The van der Waals surface area contributed by atoms with E-state index in [0.29, 0.717) is 6.54 Å². The molecule has 0 aromatic carbocycles. The molecule has 0 saturated carbocycles. The van der Waals surface area contributed by atoms with Gasteiger partial charge in [-0.25, -0.2) is 4.98 Å². The third kappa shape index (κ3) is 3.08. The Balaban J connectivity index is 2.37. The monoisotopic (exact) mass is 214 g/mol. The fourth-order valence-electron chi connectivity index (χ4n) is 0.984. The van der Waals surface area contributed by atoms with Gasteiger partial charge in [-0.15, -0.1) is 11.3 Å². The molecule has 0 spiro atoms. The van der Waals surface area contributed by atoms with E-state index in [4.69, 9.17) is 0 Å². The third-order valence-corrected chi connectivity index (χ3v) is 2.70. The first kappa shape index (κ1) is 11.1. The van der Waals surface area contributed by atoms with Crippen LogP contribution in [-0.4, -0.2) is 24.1 Å². The van der Waals surface area contributed by atoms with E-state index in [1.807, 2.05) is 13.1 Å². The average molecular weight is 214 g/mol. The highest BCUT2D eigenvalue weighted by atomic mass is 32.1. The van der Waals surface area contributed by atoms with Gasteiger partial charge >= 0.3 is 5.97 Å². The summed E-state index contributed by atoms with van der Waals surface area (Å²) in [7, 11) is 1.38. The smallest absolute Gasteiger partial charge is 0.322 e. The lowest BCUT2D eigenvalue weighted by molar-refractivity contribution is -0.142. The van der Waals surface area contributed by atoms with Gasteiger partial charge in [0.05, 0.1) is 7.11 Å². The van der Waals surface area contributed by atoms with Crippen LogP contribution in [0.1, 0.15) is 16.8 Å². The molecule has 0 fully saturated rings. The molecule has 0 aliphatic rings. The molecular weight excluding hydrogens is 200 g/mol. The first-order valence-electron chi connectivity index (χ1n) is 4.36. The van der Waals surface area contributed by atoms with Gasteiger partial charge in [-0.3, -0.25) is 10.1 Å². The van der Waals surface area contributed by atoms with Crippen LogP contribution in [0.5, 0.6) is 0 Å². The van der Waals surface area contributed by atoms with Crippen molar-refractivity contribution in [1.82, 2.24) is 10.3 Å². The number of nitrogens with zero attached hydrogens (tertiary/aromatic N) is 1. The Kier molecular flexibility index (Phi) is 4.03. The van der Waals surface area contributed by atoms with Crippen molar-refractivity contribution < 1.29 is 9.53 Å². The largest absolute Gasteiger partial charge is 0.468 e. The zero-order chi connectivity index (χ0) is 10.6. The fraction of sp³-hybridized carbons (Fsp3) is 0.556. The number of thiazole rings is 1. The van der Waals surface area contributed by atoms with E-state index >= 15 is 0 Å². The number of nitrogens with one attached hydrogen (secondary N) is 1. The Bertz CT molecular complexity index is 312. The van der Waals surface area contributed by atoms with E-state index in [9.17, 15) is 4.79 Å². The van der Waals surface area contributed by atoms with Crippen LogP contribution in [0.3, 0.4) is 0 Å². The van der Waals surface area contributed by atoms with Crippen molar-refractivity contribution in [3.8, 4) is 0 Å². The van der Waals surface area contributed by atoms with Crippen LogP contribution in [0.25, 0.3) is 0 Å². The Morgan fingerprint density at radius 1 is 1.79 bits per heavy atom. The van der Waals surface area contributed by atoms with Crippen LogP contribution >= 0.6 is 11.3 Å². The number of carbonyl (C=O) groups is 1. The molecule has 1 atom stereocenters. The second-order valence-corrected chi connectivity index (χ2v) is 4.31. The molecular formula is C9H14N2O2S. The van der Waals surface area contributed by atoms with Crippen LogP contribution in [-0.2, 0) is 16.1 Å². The normalized spacial score (nSPS) is 12.5. The summed E-state index contributed by atoms with van der Waals surface area (Å²) >= 11 is 1.62. The van der Waals surface area contributed by atoms with E-state index in [2.05, 4.69) is 15.0 Å². The number of hydrogen-bond donors (Lipinski definition) is 1. The highest BCUT2D eigenvalue weighted by Crippen LogP contribution is 2.10. The maximum Gasteiger partial charge on any atom is 0.322 e. The van der Waals surface area contributed by atoms with E-state index in [0.717, 1.165) is 5.01 Å². The molecule has 1 unspecified atom stereocenters. The highest BCUT2D eigenvalue weighted by Gasteiger charge is 2.12. The van der Waals surface area contributed by atoms with Crippen molar-refractivity contribution in [3.63, 3.8) is 0 Å². The predicted molar refractivity (Wildman–Crippen MR) is 55.2 cm³/mol. The van der Waals surface area contributed by atoms with Gasteiger partial charge in [0.1, 0.15) is 11.0 Å². The predicted octanol–water partition coefficient (Wildman–Crippen LogP) is 1.10. The summed E-state index contributed by atoms with van der Waals surface area (Å²) in [6.45, 7) is 4.38. The molecule has 0 saturated heterocycles. The summed E-state index contributed by atoms with van der Waals surface area (Å²) in [5.74, 6) is -0.252.